The SMILES string of the molecule is O=C(Oc1ccc([S+](c2ccccc2)c2ccccc2)cc1)C(I)I. The molecule has 3 rings (SSSR count). The standard InChI is InChI=1S/C20H15I2O2S/c21-19(22)20(23)24-15-11-13-18(14-12-15)25(16-7-3-1-4-8-16)17-9-5-2-6-10-17/h1-14,19H/q+1. The van der Waals surface area contributed by atoms with Crippen LogP contribution in [0.25, 0.3) is 0 Å². The lowest BCUT2D eigenvalue weighted by atomic mass is 10.3. The van der Waals surface area contributed by atoms with Crippen LogP contribution in [-0.4, -0.2) is 7.90 Å². The highest BCUT2D eigenvalue weighted by Gasteiger charge is 2.28. The Bertz CT molecular complexity index is 782. The van der Waals surface area contributed by atoms with Crippen molar-refractivity contribution in [2.45, 2.75) is 16.6 Å². The van der Waals surface area contributed by atoms with E-state index in [1.807, 2.05) is 81.6 Å². The van der Waals surface area contributed by atoms with Crippen LogP contribution in [0.1, 0.15) is 0 Å². The number of hydrogen-bond donors (Lipinski definition) is 0. The van der Waals surface area contributed by atoms with Crippen LogP contribution in [0, 0.1) is 0 Å². The molecule has 0 unspecified atom stereocenters. The van der Waals surface area contributed by atoms with Crippen molar-refractivity contribution in [3.8, 4) is 5.75 Å². The van der Waals surface area contributed by atoms with Crippen molar-refractivity contribution >= 4 is 62.0 Å². The largest absolute Gasteiger partial charge is 0.425 e. The molecule has 0 aliphatic rings. The molecule has 0 N–H and O–H groups in total. The molecule has 25 heavy (non-hydrogen) atoms. The Morgan fingerprint density at radius 1 is 0.720 bits per heavy atom. The zero-order valence-corrected chi connectivity index (χ0v) is 18.3. The summed E-state index contributed by atoms with van der Waals surface area (Å²) in [6, 6.07) is 28.8. The van der Waals surface area contributed by atoms with Crippen LogP contribution in [0.15, 0.2) is 99.6 Å². The maximum absolute atomic E-state index is 11.7. The molecule has 5 heteroatoms. The van der Waals surface area contributed by atoms with Gasteiger partial charge in [-0.15, -0.1) is 0 Å². The Kier molecular flexibility index (Phi) is 6.77. The Balaban J connectivity index is 1.93. The highest BCUT2D eigenvalue weighted by Crippen LogP contribution is 2.32. The second-order valence-electron chi connectivity index (χ2n) is 5.13. The first-order valence-corrected chi connectivity index (χ1v) is 11.3. The number of ether oxygens (including phenoxy) is 1. The van der Waals surface area contributed by atoms with Crippen molar-refractivity contribution in [3.63, 3.8) is 0 Å². The molecule has 3 aromatic rings. The predicted molar refractivity (Wildman–Crippen MR) is 119 cm³/mol. The molecule has 0 aliphatic heterocycles. The first-order chi connectivity index (χ1) is 12.1. The van der Waals surface area contributed by atoms with E-state index < -0.39 is 0 Å². The molecule has 0 atom stereocenters. The van der Waals surface area contributed by atoms with Crippen LogP contribution in [0.3, 0.4) is 0 Å². The van der Waals surface area contributed by atoms with Crippen molar-refractivity contribution in [2.24, 2.45) is 0 Å². The Hall–Kier alpha value is -1.06. The van der Waals surface area contributed by atoms with E-state index in [9.17, 15) is 4.79 Å². The molecule has 2 nitrogen and oxygen atoms in total. The molecular formula is C20H15I2O2S+. The fraction of sp³-hybridized carbons (Fsp3) is 0.0500. The minimum absolute atomic E-state index is 0.188. The van der Waals surface area contributed by atoms with Gasteiger partial charge in [-0.25, -0.2) is 4.79 Å². The number of halogens is 2. The number of rotatable bonds is 5. The second-order valence-corrected chi connectivity index (χ2v) is 12.0. The van der Waals surface area contributed by atoms with Crippen LogP contribution in [0.4, 0.5) is 0 Å². The molecule has 0 aromatic heterocycles. The fourth-order valence-electron chi connectivity index (χ4n) is 2.33. The maximum Gasteiger partial charge on any atom is 0.334 e. The highest BCUT2D eigenvalue weighted by atomic mass is 127. The Labute approximate surface area is 177 Å². The number of carbonyl (C=O) groups is 1. The molecule has 0 saturated carbocycles. The van der Waals surface area contributed by atoms with E-state index in [4.69, 9.17) is 4.74 Å². The van der Waals surface area contributed by atoms with Crippen molar-refractivity contribution in [2.75, 3.05) is 0 Å². The summed E-state index contributed by atoms with van der Waals surface area (Å²) in [7, 11) is -0.188. The molecule has 0 fully saturated rings. The van der Waals surface area contributed by atoms with Crippen molar-refractivity contribution < 1.29 is 9.53 Å². The summed E-state index contributed by atoms with van der Waals surface area (Å²) in [5.74, 6) is 0.343. The number of alkyl halides is 2. The monoisotopic (exact) mass is 573 g/mol. The quantitative estimate of drug-likeness (QED) is 0.125. The molecule has 0 aliphatic carbocycles. The lowest BCUT2D eigenvalue weighted by molar-refractivity contribution is -0.131. The van der Waals surface area contributed by atoms with E-state index in [0.717, 1.165) is 0 Å². The average molecular weight is 573 g/mol. The highest BCUT2D eigenvalue weighted by molar-refractivity contribution is 14.2. The van der Waals surface area contributed by atoms with E-state index >= 15 is 0 Å². The third kappa shape index (κ3) is 4.98. The lowest BCUT2D eigenvalue weighted by Crippen LogP contribution is -2.14. The molecular weight excluding hydrogens is 558 g/mol. The molecule has 0 bridgehead atoms. The summed E-state index contributed by atoms with van der Waals surface area (Å²) in [6.07, 6.45) is 0. The molecule has 3 aromatic carbocycles. The minimum Gasteiger partial charge on any atom is -0.425 e. The lowest BCUT2D eigenvalue weighted by Gasteiger charge is -2.09. The zero-order chi connectivity index (χ0) is 17.6. The van der Waals surface area contributed by atoms with Gasteiger partial charge >= 0.3 is 5.97 Å². The molecule has 0 saturated heterocycles. The summed E-state index contributed by atoms with van der Waals surface area (Å²) >= 11 is 4.08. The normalized spacial score (nSPS) is 10.9. The van der Waals surface area contributed by atoms with E-state index in [-0.39, 0.29) is 18.8 Å². The van der Waals surface area contributed by atoms with Gasteiger partial charge in [-0.2, -0.15) is 0 Å². The van der Waals surface area contributed by atoms with Gasteiger partial charge in [-0.1, -0.05) is 81.6 Å². The van der Waals surface area contributed by atoms with Crippen LogP contribution in [0.5, 0.6) is 5.75 Å². The van der Waals surface area contributed by atoms with Crippen molar-refractivity contribution in [1.82, 2.24) is 0 Å². The van der Waals surface area contributed by atoms with E-state index in [0.29, 0.717) is 5.75 Å². The second kappa shape index (κ2) is 9.05. The molecule has 0 radical (unpaired) electrons. The number of hydrogen-bond acceptors (Lipinski definition) is 2. The Morgan fingerprint density at radius 2 is 1.16 bits per heavy atom. The summed E-state index contributed by atoms with van der Waals surface area (Å²) in [6.45, 7) is 0. The third-order valence-corrected chi connectivity index (χ3v) is 6.66. The van der Waals surface area contributed by atoms with E-state index in [1.165, 1.54) is 14.7 Å². The first kappa shape index (κ1) is 18.7. The van der Waals surface area contributed by atoms with Gasteiger partial charge < -0.3 is 4.74 Å². The summed E-state index contributed by atoms with van der Waals surface area (Å²) in [5.41, 5.74) is 0. The Morgan fingerprint density at radius 3 is 1.60 bits per heavy atom. The minimum atomic E-state index is -0.237. The number of benzene rings is 3. The van der Waals surface area contributed by atoms with Crippen molar-refractivity contribution in [3.05, 3.63) is 84.9 Å². The van der Waals surface area contributed by atoms with Gasteiger partial charge in [0.25, 0.3) is 0 Å². The van der Waals surface area contributed by atoms with Gasteiger partial charge in [0.2, 0.25) is 0 Å². The van der Waals surface area contributed by atoms with E-state index in [1.54, 1.807) is 0 Å². The average Bonchev–Trinajstić information content (AvgIpc) is 2.65. The third-order valence-electron chi connectivity index (χ3n) is 3.41. The topological polar surface area (TPSA) is 26.3 Å². The van der Waals surface area contributed by atoms with Crippen LogP contribution in [-0.2, 0) is 15.7 Å². The number of esters is 1. The molecule has 126 valence electrons. The first-order valence-electron chi connectivity index (χ1n) is 7.59. The zero-order valence-electron chi connectivity index (χ0n) is 13.1. The van der Waals surface area contributed by atoms with Crippen LogP contribution in [0.2, 0.25) is 0 Å². The van der Waals surface area contributed by atoms with Crippen molar-refractivity contribution in [1.29, 1.82) is 0 Å². The predicted octanol–water partition coefficient (Wildman–Crippen LogP) is 5.88. The van der Waals surface area contributed by atoms with Crippen LogP contribution >= 0.6 is 45.2 Å². The smallest absolute Gasteiger partial charge is 0.334 e. The number of carbonyl (C=O) groups excluding carboxylic acids is 1. The molecule has 0 heterocycles. The van der Waals surface area contributed by atoms with Gasteiger partial charge in [-0.3, -0.25) is 0 Å². The summed E-state index contributed by atoms with van der Waals surface area (Å²) in [4.78, 5) is 15.5. The summed E-state index contributed by atoms with van der Waals surface area (Å²) in [5, 5.41) is 0. The van der Waals surface area contributed by atoms with Gasteiger partial charge in [0.05, 0.1) is 10.9 Å². The van der Waals surface area contributed by atoms with Gasteiger partial charge in [0, 0.05) is 0 Å². The van der Waals surface area contributed by atoms with Gasteiger partial charge in [0.1, 0.15) is 5.75 Å². The van der Waals surface area contributed by atoms with E-state index in [2.05, 4.69) is 48.5 Å². The van der Waals surface area contributed by atoms with Gasteiger partial charge in [-0.05, 0) is 48.5 Å². The maximum atomic E-state index is 11.7. The van der Waals surface area contributed by atoms with Gasteiger partial charge in [0.15, 0.2) is 16.6 Å². The van der Waals surface area contributed by atoms with Crippen LogP contribution < -0.4 is 4.74 Å². The molecule has 0 amide bonds. The fourth-order valence-corrected chi connectivity index (χ4v) is 4.66. The molecule has 0 spiro atoms. The summed E-state index contributed by atoms with van der Waals surface area (Å²) < 4.78 is 5.17.